The molecule has 0 heterocycles. The molecule has 0 fully saturated rings. The van der Waals surface area contributed by atoms with Gasteiger partial charge in [-0.25, -0.2) is 0 Å². The van der Waals surface area contributed by atoms with Crippen LogP contribution < -0.4 is 5.73 Å². The van der Waals surface area contributed by atoms with E-state index in [0.29, 0.717) is 6.54 Å². The third-order valence-electron chi connectivity index (χ3n) is 3.16. The van der Waals surface area contributed by atoms with Gasteiger partial charge in [0.25, 0.3) is 5.91 Å². The molecule has 0 aliphatic heterocycles. The highest BCUT2D eigenvalue weighted by Gasteiger charge is 2.18. The number of carbonyl (C=O) groups excluding carboxylic acids is 1. The molecule has 1 atom stereocenters. The zero-order valence-corrected chi connectivity index (χ0v) is 11.7. The SMILES string of the molecule is Cc1cccc(C(=O)N(C)C(C)CN)c1C.Cl. The lowest BCUT2D eigenvalue weighted by molar-refractivity contribution is 0.0747. The first kappa shape index (κ1) is 15.9. The van der Waals surface area contributed by atoms with Gasteiger partial charge in [-0.1, -0.05) is 12.1 Å². The summed E-state index contributed by atoms with van der Waals surface area (Å²) in [5, 5.41) is 0. The number of hydrogen-bond donors (Lipinski definition) is 1. The van der Waals surface area contributed by atoms with Crippen molar-refractivity contribution < 1.29 is 4.79 Å². The highest BCUT2D eigenvalue weighted by atomic mass is 35.5. The van der Waals surface area contributed by atoms with E-state index in [0.717, 1.165) is 16.7 Å². The maximum absolute atomic E-state index is 12.2. The Morgan fingerprint density at radius 2 is 2.00 bits per heavy atom. The number of benzene rings is 1. The van der Waals surface area contributed by atoms with E-state index >= 15 is 0 Å². The maximum atomic E-state index is 12.2. The van der Waals surface area contributed by atoms with Crippen molar-refractivity contribution in [2.24, 2.45) is 5.73 Å². The Bertz CT molecular complexity index is 393. The van der Waals surface area contributed by atoms with Crippen molar-refractivity contribution in [2.45, 2.75) is 26.8 Å². The number of amides is 1. The van der Waals surface area contributed by atoms with Crippen LogP contribution in [0.15, 0.2) is 18.2 Å². The second-order valence-electron chi connectivity index (χ2n) is 4.25. The van der Waals surface area contributed by atoms with Crippen LogP contribution in [-0.2, 0) is 0 Å². The van der Waals surface area contributed by atoms with Gasteiger partial charge in [0.1, 0.15) is 0 Å². The van der Waals surface area contributed by atoms with Crippen LogP contribution in [-0.4, -0.2) is 30.4 Å². The maximum Gasteiger partial charge on any atom is 0.254 e. The smallest absolute Gasteiger partial charge is 0.254 e. The molecule has 1 aromatic carbocycles. The lowest BCUT2D eigenvalue weighted by Gasteiger charge is -2.24. The van der Waals surface area contributed by atoms with Crippen LogP contribution in [0.5, 0.6) is 0 Å². The predicted octanol–water partition coefficient (Wildman–Crippen LogP) is 2.14. The van der Waals surface area contributed by atoms with Crippen molar-refractivity contribution in [3.8, 4) is 0 Å². The van der Waals surface area contributed by atoms with Gasteiger partial charge in [0.2, 0.25) is 0 Å². The van der Waals surface area contributed by atoms with Gasteiger partial charge >= 0.3 is 0 Å². The lowest BCUT2D eigenvalue weighted by atomic mass is 10.0. The number of hydrogen-bond acceptors (Lipinski definition) is 2. The van der Waals surface area contributed by atoms with Crippen molar-refractivity contribution in [3.63, 3.8) is 0 Å². The molecule has 1 amide bonds. The summed E-state index contributed by atoms with van der Waals surface area (Å²) >= 11 is 0. The largest absolute Gasteiger partial charge is 0.338 e. The summed E-state index contributed by atoms with van der Waals surface area (Å²) < 4.78 is 0. The molecule has 0 saturated carbocycles. The topological polar surface area (TPSA) is 46.3 Å². The Kier molecular flexibility index (Phi) is 6.21. The fraction of sp³-hybridized carbons (Fsp3) is 0.462. The van der Waals surface area contributed by atoms with Crippen molar-refractivity contribution in [1.82, 2.24) is 4.90 Å². The molecule has 4 heteroatoms. The molecule has 0 radical (unpaired) electrons. The van der Waals surface area contributed by atoms with Gasteiger partial charge in [-0.2, -0.15) is 0 Å². The average Bonchev–Trinajstić information content (AvgIpc) is 2.29. The van der Waals surface area contributed by atoms with E-state index in [1.165, 1.54) is 0 Å². The molecule has 96 valence electrons. The minimum Gasteiger partial charge on any atom is -0.338 e. The third kappa shape index (κ3) is 3.45. The van der Waals surface area contributed by atoms with E-state index in [4.69, 9.17) is 5.73 Å². The standard InChI is InChI=1S/C13H20N2O.ClH/c1-9-6-5-7-12(11(9)3)13(16)15(4)10(2)8-14;/h5-7,10H,8,14H2,1-4H3;1H. The molecule has 0 saturated heterocycles. The molecule has 2 N–H and O–H groups in total. The summed E-state index contributed by atoms with van der Waals surface area (Å²) in [6, 6.07) is 5.85. The Labute approximate surface area is 109 Å². The van der Waals surface area contributed by atoms with Gasteiger partial charge < -0.3 is 10.6 Å². The summed E-state index contributed by atoms with van der Waals surface area (Å²) in [6.45, 7) is 6.41. The molecular weight excluding hydrogens is 236 g/mol. The van der Waals surface area contributed by atoms with Gasteiger partial charge in [0.15, 0.2) is 0 Å². The van der Waals surface area contributed by atoms with Gasteiger partial charge in [-0.05, 0) is 38.0 Å². The summed E-state index contributed by atoms with van der Waals surface area (Å²) in [5.41, 5.74) is 8.51. The molecule has 0 spiro atoms. The van der Waals surface area contributed by atoms with Crippen LogP contribution >= 0.6 is 12.4 Å². The Morgan fingerprint density at radius 3 is 2.53 bits per heavy atom. The summed E-state index contributed by atoms with van der Waals surface area (Å²) in [7, 11) is 1.79. The zero-order chi connectivity index (χ0) is 12.3. The monoisotopic (exact) mass is 256 g/mol. The Balaban J connectivity index is 0.00000256. The zero-order valence-electron chi connectivity index (χ0n) is 10.9. The van der Waals surface area contributed by atoms with Crippen LogP contribution in [0.3, 0.4) is 0 Å². The van der Waals surface area contributed by atoms with Crippen molar-refractivity contribution in [2.75, 3.05) is 13.6 Å². The Morgan fingerprint density at radius 1 is 1.41 bits per heavy atom. The fourth-order valence-electron chi connectivity index (χ4n) is 1.53. The number of aryl methyl sites for hydroxylation is 1. The van der Waals surface area contributed by atoms with Gasteiger partial charge in [0.05, 0.1) is 0 Å². The molecular formula is C13H21ClN2O. The van der Waals surface area contributed by atoms with Crippen LogP contribution in [0.25, 0.3) is 0 Å². The van der Waals surface area contributed by atoms with Gasteiger partial charge in [-0.3, -0.25) is 4.79 Å². The molecule has 17 heavy (non-hydrogen) atoms. The van der Waals surface area contributed by atoms with Crippen LogP contribution in [0, 0.1) is 13.8 Å². The lowest BCUT2D eigenvalue weighted by Crippen LogP contribution is -2.40. The third-order valence-corrected chi connectivity index (χ3v) is 3.16. The molecule has 1 rings (SSSR count). The number of nitrogens with zero attached hydrogens (tertiary/aromatic N) is 1. The number of rotatable bonds is 3. The molecule has 0 aliphatic carbocycles. The minimum absolute atomic E-state index is 0. The quantitative estimate of drug-likeness (QED) is 0.901. The number of nitrogens with two attached hydrogens (primary N) is 1. The van der Waals surface area contributed by atoms with Crippen molar-refractivity contribution in [1.29, 1.82) is 0 Å². The molecule has 1 aromatic rings. The first-order chi connectivity index (χ1) is 7.49. The summed E-state index contributed by atoms with van der Waals surface area (Å²) in [6.07, 6.45) is 0. The van der Waals surface area contributed by atoms with E-state index in [2.05, 4.69) is 0 Å². The molecule has 0 aliphatic rings. The summed E-state index contributed by atoms with van der Waals surface area (Å²) in [4.78, 5) is 13.9. The van der Waals surface area contributed by atoms with E-state index in [9.17, 15) is 4.79 Å². The Hall–Kier alpha value is -1.06. The minimum atomic E-state index is 0. The van der Waals surface area contributed by atoms with E-state index in [-0.39, 0.29) is 24.4 Å². The van der Waals surface area contributed by atoms with Crippen molar-refractivity contribution in [3.05, 3.63) is 34.9 Å². The van der Waals surface area contributed by atoms with Crippen LogP contribution in [0.2, 0.25) is 0 Å². The summed E-state index contributed by atoms with van der Waals surface area (Å²) in [5.74, 6) is 0.0409. The highest BCUT2D eigenvalue weighted by Crippen LogP contribution is 2.15. The molecule has 1 unspecified atom stereocenters. The van der Waals surface area contributed by atoms with Gasteiger partial charge in [0, 0.05) is 25.2 Å². The van der Waals surface area contributed by atoms with E-state index in [1.54, 1.807) is 11.9 Å². The van der Waals surface area contributed by atoms with Crippen LogP contribution in [0.1, 0.15) is 28.4 Å². The fourth-order valence-corrected chi connectivity index (χ4v) is 1.53. The highest BCUT2D eigenvalue weighted by molar-refractivity contribution is 5.96. The normalized spacial score (nSPS) is 11.6. The molecule has 0 bridgehead atoms. The first-order valence-corrected chi connectivity index (χ1v) is 5.52. The number of likely N-dealkylation sites (N-methyl/N-ethyl adjacent to an activating group) is 1. The first-order valence-electron chi connectivity index (χ1n) is 5.52. The number of halogens is 1. The number of carbonyl (C=O) groups is 1. The predicted molar refractivity (Wildman–Crippen MR) is 73.8 cm³/mol. The molecule has 0 aromatic heterocycles. The van der Waals surface area contributed by atoms with Gasteiger partial charge in [-0.15, -0.1) is 12.4 Å². The van der Waals surface area contributed by atoms with E-state index < -0.39 is 0 Å². The van der Waals surface area contributed by atoms with Crippen LogP contribution in [0.4, 0.5) is 0 Å². The second kappa shape index (κ2) is 6.62. The van der Waals surface area contributed by atoms with E-state index in [1.807, 2.05) is 39.0 Å². The molecule has 3 nitrogen and oxygen atoms in total. The second-order valence-corrected chi connectivity index (χ2v) is 4.25. The average molecular weight is 257 g/mol. The van der Waals surface area contributed by atoms with Crippen molar-refractivity contribution >= 4 is 18.3 Å².